The Morgan fingerprint density at radius 3 is 1.70 bits per heavy atom. The van der Waals surface area contributed by atoms with E-state index in [1.54, 1.807) is 0 Å². The summed E-state index contributed by atoms with van der Waals surface area (Å²) in [7, 11) is 1.46. The molecule has 2 atom stereocenters. The van der Waals surface area contributed by atoms with Crippen LogP contribution in [0.5, 0.6) is 0 Å². The number of unbranched alkanes of at least 4 members (excludes halogenated alkanes) is 15. The molecule has 1 N–H and O–H groups in total. The Morgan fingerprint density at radius 1 is 0.640 bits per heavy atom. The molecule has 0 bridgehead atoms. The zero-order valence-electron chi connectivity index (χ0n) is 32.6. The monoisotopic (exact) mass is 729 g/mol. The number of nitrogens with zero attached hydrogens (tertiary/aromatic N) is 1. The SMILES string of the molecule is CC/C=C/C/C=C/C/C=C/CCCCCCCC(=O)O[C@H](COC(=O)CCCCCCCCCCCCC)COP(=O)(O)OCC[N+](C)(C)C. The van der Waals surface area contributed by atoms with Crippen LogP contribution in [-0.4, -0.2) is 74.9 Å². The summed E-state index contributed by atoms with van der Waals surface area (Å²) >= 11 is 0. The highest BCUT2D eigenvalue weighted by atomic mass is 31.2. The van der Waals surface area contributed by atoms with Crippen LogP contribution in [0, 0.1) is 0 Å². The van der Waals surface area contributed by atoms with Crippen molar-refractivity contribution in [1.82, 2.24) is 0 Å². The van der Waals surface area contributed by atoms with Crippen molar-refractivity contribution in [2.75, 3.05) is 47.5 Å². The van der Waals surface area contributed by atoms with E-state index in [9.17, 15) is 19.0 Å². The summed E-state index contributed by atoms with van der Waals surface area (Å²) in [5, 5.41) is 0. The van der Waals surface area contributed by atoms with E-state index in [-0.39, 0.29) is 32.0 Å². The number of esters is 2. The summed E-state index contributed by atoms with van der Waals surface area (Å²) in [6.07, 6.45) is 34.7. The van der Waals surface area contributed by atoms with Gasteiger partial charge in [-0.05, 0) is 44.9 Å². The van der Waals surface area contributed by atoms with Crippen LogP contribution in [0.1, 0.15) is 155 Å². The number of allylic oxidation sites excluding steroid dienone is 6. The van der Waals surface area contributed by atoms with Gasteiger partial charge in [0.05, 0.1) is 27.7 Å². The van der Waals surface area contributed by atoms with Gasteiger partial charge < -0.3 is 18.9 Å². The summed E-state index contributed by atoms with van der Waals surface area (Å²) in [6, 6.07) is 0. The van der Waals surface area contributed by atoms with E-state index < -0.39 is 26.5 Å². The van der Waals surface area contributed by atoms with Crippen molar-refractivity contribution in [3.63, 3.8) is 0 Å². The minimum atomic E-state index is -4.37. The van der Waals surface area contributed by atoms with Gasteiger partial charge in [0.15, 0.2) is 6.10 Å². The Morgan fingerprint density at radius 2 is 1.14 bits per heavy atom. The second-order valence-corrected chi connectivity index (χ2v) is 15.7. The number of hydrogen-bond acceptors (Lipinski definition) is 7. The lowest BCUT2D eigenvalue weighted by Gasteiger charge is -2.24. The average Bonchev–Trinajstić information content (AvgIpc) is 3.06. The van der Waals surface area contributed by atoms with Crippen molar-refractivity contribution in [3.8, 4) is 0 Å². The molecular weight excluding hydrogens is 653 g/mol. The van der Waals surface area contributed by atoms with E-state index in [0.717, 1.165) is 70.6 Å². The van der Waals surface area contributed by atoms with Gasteiger partial charge in [0.1, 0.15) is 19.8 Å². The number of carbonyl (C=O) groups is 2. The lowest BCUT2D eigenvalue weighted by Crippen LogP contribution is -2.37. The number of quaternary nitrogens is 1. The van der Waals surface area contributed by atoms with Crippen LogP contribution in [0.3, 0.4) is 0 Å². The molecule has 0 spiro atoms. The minimum absolute atomic E-state index is 0.0283. The van der Waals surface area contributed by atoms with E-state index in [1.165, 1.54) is 51.4 Å². The molecular formula is C40H75NO8P+. The molecule has 292 valence electrons. The van der Waals surface area contributed by atoms with Gasteiger partial charge in [-0.15, -0.1) is 0 Å². The quantitative estimate of drug-likeness (QED) is 0.0226. The van der Waals surface area contributed by atoms with Crippen LogP contribution in [0.15, 0.2) is 36.5 Å². The molecule has 0 fully saturated rings. The molecule has 0 saturated heterocycles. The maximum atomic E-state index is 12.6. The molecule has 0 radical (unpaired) electrons. The summed E-state index contributed by atoms with van der Waals surface area (Å²) in [5.74, 6) is -0.820. The fraction of sp³-hybridized carbons (Fsp3) is 0.800. The van der Waals surface area contributed by atoms with Crippen LogP contribution in [0.2, 0.25) is 0 Å². The third kappa shape index (κ3) is 36.0. The highest BCUT2D eigenvalue weighted by molar-refractivity contribution is 7.47. The Labute approximate surface area is 306 Å². The summed E-state index contributed by atoms with van der Waals surface area (Å²) < 4.78 is 34.1. The number of phosphoric ester groups is 1. The van der Waals surface area contributed by atoms with Crippen LogP contribution < -0.4 is 0 Å². The molecule has 50 heavy (non-hydrogen) atoms. The van der Waals surface area contributed by atoms with Crippen molar-refractivity contribution < 1.29 is 42.1 Å². The molecule has 0 saturated carbocycles. The predicted molar refractivity (Wildman–Crippen MR) is 206 cm³/mol. The molecule has 0 heterocycles. The summed E-state index contributed by atoms with van der Waals surface area (Å²) in [5.41, 5.74) is 0. The van der Waals surface area contributed by atoms with Gasteiger partial charge in [-0.2, -0.15) is 0 Å². The molecule has 0 aliphatic carbocycles. The fourth-order valence-electron chi connectivity index (χ4n) is 5.09. The highest BCUT2D eigenvalue weighted by Crippen LogP contribution is 2.43. The fourth-order valence-corrected chi connectivity index (χ4v) is 5.83. The number of rotatable bonds is 35. The van der Waals surface area contributed by atoms with Crippen molar-refractivity contribution in [1.29, 1.82) is 0 Å². The Hall–Kier alpha value is -1.77. The van der Waals surface area contributed by atoms with Gasteiger partial charge in [-0.1, -0.05) is 134 Å². The maximum Gasteiger partial charge on any atom is 0.472 e. The van der Waals surface area contributed by atoms with Crippen molar-refractivity contribution in [3.05, 3.63) is 36.5 Å². The second kappa shape index (κ2) is 33.1. The maximum absolute atomic E-state index is 12.6. The van der Waals surface area contributed by atoms with Gasteiger partial charge in [0.2, 0.25) is 0 Å². The van der Waals surface area contributed by atoms with E-state index in [1.807, 2.05) is 21.1 Å². The largest absolute Gasteiger partial charge is 0.472 e. The summed E-state index contributed by atoms with van der Waals surface area (Å²) in [4.78, 5) is 35.2. The minimum Gasteiger partial charge on any atom is -0.462 e. The molecule has 0 amide bonds. The number of hydrogen-bond donors (Lipinski definition) is 1. The zero-order chi connectivity index (χ0) is 37.2. The number of ether oxygens (including phenoxy) is 2. The third-order valence-electron chi connectivity index (χ3n) is 8.18. The van der Waals surface area contributed by atoms with Crippen molar-refractivity contribution in [2.24, 2.45) is 0 Å². The number of likely N-dealkylation sites (N-methyl/N-ethyl adjacent to an activating group) is 1. The average molecular weight is 729 g/mol. The number of carbonyl (C=O) groups excluding carboxylic acids is 2. The van der Waals surface area contributed by atoms with Crippen LogP contribution >= 0.6 is 7.82 Å². The smallest absolute Gasteiger partial charge is 0.462 e. The van der Waals surface area contributed by atoms with E-state index in [2.05, 4.69) is 50.3 Å². The topological polar surface area (TPSA) is 108 Å². The Kier molecular flexibility index (Phi) is 31.9. The lowest BCUT2D eigenvalue weighted by molar-refractivity contribution is -0.870. The first-order chi connectivity index (χ1) is 24.0. The lowest BCUT2D eigenvalue weighted by atomic mass is 10.1. The van der Waals surface area contributed by atoms with Crippen molar-refractivity contribution >= 4 is 19.8 Å². The standard InChI is InChI=1S/C40H74NO8P/c1-6-8-10-12-14-16-18-19-20-21-23-25-27-29-31-33-40(43)49-38(37-48-50(44,45)47-35-34-41(3,4)5)36-46-39(42)32-30-28-26-24-22-17-15-13-11-9-7-2/h8,10,14,16,19-20,38H,6-7,9,11-13,15,17-18,21-37H2,1-5H3/p+1/b10-8+,16-14+,20-19+/t38-/m1/s1. The molecule has 0 rings (SSSR count). The Balaban J connectivity index is 4.45. The van der Waals surface area contributed by atoms with Crippen LogP contribution in [-0.2, 0) is 32.7 Å². The zero-order valence-corrected chi connectivity index (χ0v) is 33.5. The first kappa shape index (κ1) is 48.2. The molecule has 0 aliphatic rings. The van der Waals surface area contributed by atoms with Gasteiger partial charge >= 0.3 is 19.8 Å². The second-order valence-electron chi connectivity index (χ2n) is 14.3. The first-order valence-corrected chi connectivity index (χ1v) is 21.2. The van der Waals surface area contributed by atoms with E-state index in [0.29, 0.717) is 17.4 Å². The normalized spacial score (nSPS) is 14.1. The van der Waals surface area contributed by atoms with Gasteiger partial charge in [-0.3, -0.25) is 18.6 Å². The third-order valence-corrected chi connectivity index (χ3v) is 9.17. The first-order valence-electron chi connectivity index (χ1n) is 19.7. The molecule has 0 aromatic carbocycles. The van der Waals surface area contributed by atoms with Crippen molar-refractivity contribution in [2.45, 2.75) is 161 Å². The van der Waals surface area contributed by atoms with Gasteiger partial charge in [0, 0.05) is 12.8 Å². The van der Waals surface area contributed by atoms with E-state index >= 15 is 0 Å². The molecule has 0 aliphatic heterocycles. The predicted octanol–water partition coefficient (Wildman–Crippen LogP) is 10.6. The molecule has 9 nitrogen and oxygen atoms in total. The molecule has 1 unspecified atom stereocenters. The molecule has 0 aromatic heterocycles. The molecule has 0 aromatic rings. The van der Waals surface area contributed by atoms with Crippen LogP contribution in [0.25, 0.3) is 0 Å². The highest BCUT2D eigenvalue weighted by Gasteiger charge is 2.27. The summed E-state index contributed by atoms with van der Waals surface area (Å²) in [6.45, 7) is 4.27. The van der Waals surface area contributed by atoms with Gasteiger partial charge in [0.25, 0.3) is 0 Å². The molecule has 10 heteroatoms. The van der Waals surface area contributed by atoms with E-state index in [4.69, 9.17) is 18.5 Å². The van der Waals surface area contributed by atoms with Gasteiger partial charge in [-0.25, -0.2) is 4.57 Å². The van der Waals surface area contributed by atoms with Crippen LogP contribution in [0.4, 0.5) is 0 Å². The Bertz CT molecular complexity index is 959. The number of phosphoric acid groups is 1.